The van der Waals surface area contributed by atoms with E-state index in [2.05, 4.69) is 0 Å². The van der Waals surface area contributed by atoms with Crippen LogP contribution in [0.2, 0.25) is 0 Å². The fraction of sp³-hybridized carbons (Fsp3) is 0.364. The van der Waals surface area contributed by atoms with Crippen LogP contribution in [-0.4, -0.2) is 12.6 Å². The van der Waals surface area contributed by atoms with Gasteiger partial charge in [0, 0.05) is 13.3 Å². The van der Waals surface area contributed by atoms with Crippen molar-refractivity contribution < 1.29 is 13.9 Å². The van der Waals surface area contributed by atoms with E-state index in [0.29, 0.717) is 13.0 Å². The quantitative estimate of drug-likeness (QED) is 0.693. The van der Waals surface area contributed by atoms with Gasteiger partial charge in [0.05, 0.1) is 6.61 Å². The van der Waals surface area contributed by atoms with Crippen molar-refractivity contribution in [3.05, 3.63) is 35.1 Å². The van der Waals surface area contributed by atoms with Crippen LogP contribution in [0.15, 0.2) is 18.2 Å². The second-order valence-corrected chi connectivity index (χ2v) is 3.16. The summed E-state index contributed by atoms with van der Waals surface area (Å²) in [7, 11) is 0. The maximum atomic E-state index is 12.7. The van der Waals surface area contributed by atoms with Crippen molar-refractivity contribution in [1.29, 1.82) is 0 Å². The number of esters is 1. The highest BCUT2D eigenvalue weighted by molar-refractivity contribution is 5.65. The molecule has 1 aromatic carbocycles. The molecule has 0 spiro atoms. The number of hydrogen-bond acceptors (Lipinski definition) is 2. The number of carbonyl (C=O) groups excluding carboxylic acids is 1. The Morgan fingerprint density at radius 1 is 1.50 bits per heavy atom. The highest BCUT2D eigenvalue weighted by Gasteiger charge is 2.00. The van der Waals surface area contributed by atoms with Gasteiger partial charge in [-0.15, -0.1) is 0 Å². The molecular weight excluding hydrogens is 183 g/mol. The van der Waals surface area contributed by atoms with Crippen molar-refractivity contribution in [3.8, 4) is 0 Å². The SMILES string of the molecule is CC(=O)OCCc1ccc(F)cc1C. The molecule has 0 saturated carbocycles. The predicted molar refractivity (Wildman–Crippen MR) is 51.5 cm³/mol. The number of hydrogen-bond donors (Lipinski definition) is 0. The molecule has 0 radical (unpaired) electrons. The Labute approximate surface area is 82.7 Å². The minimum atomic E-state index is -0.287. The van der Waals surface area contributed by atoms with Gasteiger partial charge < -0.3 is 4.74 Å². The minimum absolute atomic E-state index is 0.237. The summed E-state index contributed by atoms with van der Waals surface area (Å²) in [4.78, 5) is 10.5. The van der Waals surface area contributed by atoms with Crippen molar-refractivity contribution in [3.63, 3.8) is 0 Å². The predicted octanol–water partition coefficient (Wildman–Crippen LogP) is 2.24. The maximum Gasteiger partial charge on any atom is 0.302 e. The zero-order chi connectivity index (χ0) is 10.6. The van der Waals surface area contributed by atoms with E-state index in [1.165, 1.54) is 19.1 Å². The van der Waals surface area contributed by atoms with Gasteiger partial charge in [0.2, 0.25) is 0 Å². The van der Waals surface area contributed by atoms with Crippen LogP contribution in [-0.2, 0) is 16.0 Å². The van der Waals surface area contributed by atoms with Crippen molar-refractivity contribution in [1.82, 2.24) is 0 Å². The summed E-state index contributed by atoms with van der Waals surface area (Å²) < 4.78 is 17.5. The molecule has 0 aromatic heterocycles. The molecule has 0 aliphatic rings. The number of benzene rings is 1. The van der Waals surface area contributed by atoms with Crippen LogP contribution in [0, 0.1) is 12.7 Å². The Morgan fingerprint density at radius 3 is 2.79 bits per heavy atom. The summed E-state index contributed by atoms with van der Waals surface area (Å²) in [5.74, 6) is -0.525. The van der Waals surface area contributed by atoms with E-state index >= 15 is 0 Å². The lowest BCUT2D eigenvalue weighted by Gasteiger charge is -2.05. The van der Waals surface area contributed by atoms with E-state index in [4.69, 9.17) is 4.74 Å². The number of ether oxygens (including phenoxy) is 1. The normalized spacial score (nSPS) is 9.93. The molecule has 0 aliphatic heterocycles. The van der Waals surface area contributed by atoms with Gasteiger partial charge in [-0.2, -0.15) is 0 Å². The molecule has 1 rings (SSSR count). The lowest BCUT2D eigenvalue weighted by Crippen LogP contribution is -2.04. The van der Waals surface area contributed by atoms with E-state index in [9.17, 15) is 9.18 Å². The minimum Gasteiger partial charge on any atom is -0.466 e. The molecule has 0 fully saturated rings. The molecule has 0 N–H and O–H groups in total. The standard InChI is InChI=1S/C11H13FO2/c1-8-7-11(12)4-3-10(8)5-6-14-9(2)13/h3-4,7H,5-6H2,1-2H3. The van der Waals surface area contributed by atoms with Crippen LogP contribution in [0.5, 0.6) is 0 Å². The first kappa shape index (κ1) is 10.7. The van der Waals surface area contributed by atoms with Crippen LogP contribution in [0.3, 0.4) is 0 Å². The lowest BCUT2D eigenvalue weighted by atomic mass is 10.1. The average molecular weight is 196 g/mol. The summed E-state index contributed by atoms with van der Waals surface area (Å²) in [6.07, 6.45) is 0.631. The molecule has 0 saturated heterocycles. The first-order chi connectivity index (χ1) is 6.59. The van der Waals surface area contributed by atoms with Gasteiger partial charge in [0.25, 0.3) is 0 Å². The Bertz CT molecular complexity index is 334. The Hall–Kier alpha value is -1.38. The zero-order valence-corrected chi connectivity index (χ0v) is 8.34. The first-order valence-corrected chi connectivity index (χ1v) is 4.48. The molecule has 0 amide bonds. The van der Waals surface area contributed by atoms with Crippen molar-refractivity contribution in [2.75, 3.05) is 6.61 Å². The van der Waals surface area contributed by atoms with Gasteiger partial charge in [-0.1, -0.05) is 6.07 Å². The Kier molecular flexibility index (Phi) is 3.63. The molecule has 2 nitrogen and oxygen atoms in total. The van der Waals surface area contributed by atoms with Crippen LogP contribution in [0.1, 0.15) is 18.1 Å². The largest absolute Gasteiger partial charge is 0.466 e. The second kappa shape index (κ2) is 4.74. The van der Waals surface area contributed by atoms with Gasteiger partial charge in [-0.25, -0.2) is 4.39 Å². The highest BCUT2D eigenvalue weighted by atomic mass is 19.1. The van der Waals surface area contributed by atoms with E-state index in [-0.39, 0.29) is 11.8 Å². The van der Waals surface area contributed by atoms with Crippen molar-refractivity contribution in [2.45, 2.75) is 20.3 Å². The average Bonchev–Trinajstić information content (AvgIpc) is 2.08. The summed E-state index contributed by atoms with van der Waals surface area (Å²) in [5.41, 5.74) is 1.89. The number of aryl methyl sites for hydroxylation is 1. The van der Waals surface area contributed by atoms with Crippen molar-refractivity contribution in [2.24, 2.45) is 0 Å². The van der Waals surface area contributed by atoms with E-state index in [0.717, 1.165) is 11.1 Å². The van der Waals surface area contributed by atoms with Crippen LogP contribution in [0.4, 0.5) is 4.39 Å². The van der Waals surface area contributed by atoms with Crippen molar-refractivity contribution >= 4 is 5.97 Å². The molecule has 0 bridgehead atoms. The molecule has 0 atom stereocenters. The Balaban J connectivity index is 2.55. The molecule has 14 heavy (non-hydrogen) atoms. The summed E-state index contributed by atoms with van der Waals surface area (Å²) in [5, 5.41) is 0. The molecule has 3 heteroatoms. The topological polar surface area (TPSA) is 26.3 Å². The fourth-order valence-electron chi connectivity index (χ4n) is 1.24. The smallest absolute Gasteiger partial charge is 0.302 e. The molecular formula is C11H13FO2. The summed E-state index contributed by atoms with van der Waals surface area (Å²) in [6, 6.07) is 4.60. The third-order valence-corrected chi connectivity index (χ3v) is 1.98. The van der Waals surface area contributed by atoms with Gasteiger partial charge in [0.1, 0.15) is 5.82 Å². The zero-order valence-electron chi connectivity index (χ0n) is 8.34. The van der Waals surface area contributed by atoms with Crippen LogP contribution >= 0.6 is 0 Å². The molecule has 0 heterocycles. The number of rotatable bonds is 3. The first-order valence-electron chi connectivity index (χ1n) is 4.48. The lowest BCUT2D eigenvalue weighted by molar-refractivity contribution is -0.140. The molecule has 0 unspecified atom stereocenters. The van der Waals surface area contributed by atoms with E-state index < -0.39 is 0 Å². The van der Waals surface area contributed by atoms with Gasteiger partial charge >= 0.3 is 5.97 Å². The maximum absolute atomic E-state index is 12.7. The van der Waals surface area contributed by atoms with Crippen LogP contribution in [0.25, 0.3) is 0 Å². The van der Waals surface area contributed by atoms with E-state index in [1.54, 1.807) is 6.07 Å². The Morgan fingerprint density at radius 2 is 2.21 bits per heavy atom. The van der Waals surface area contributed by atoms with E-state index in [1.807, 2.05) is 6.92 Å². The van der Waals surface area contributed by atoms with Crippen LogP contribution < -0.4 is 0 Å². The summed E-state index contributed by atoms with van der Waals surface area (Å²) >= 11 is 0. The van der Waals surface area contributed by atoms with Gasteiger partial charge in [0.15, 0.2) is 0 Å². The summed E-state index contributed by atoms with van der Waals surface area (Å²) in [6.45, 7) is 3.56. The van der Waals surface area contributed by atoms with Gasteiger partial charge in [-0.05, 0) is 30.2 Å². The third kappa shape index (κ3) is 3.17. The fourth-order valence-corrected chi connectivity index (χ4v) is 1.24. The number of halogens is 1. The third-order valence-electron chi connectivity index (χ3n) is 1.98. The molecule has 1 aromatic rings. The number of carbonyl (C=O) groups is 1. The highest BCUT2D eigenvalue weighted by Crippen LogP contribution is 2.10. The van der Waals surface area contributed by atoms with Gasteiger partial charge in [-0.3, -0.25) is 4.79 Å². The second-order valence-electron chi connectivity index (χ2n) is 3.16. The molecule has 0 aliphatic carbocycles. The monoisotopic (exact) mass is 196 g/mol. The molecule has 76 valence electrons.